The van der Waals surface area contributed by atoms with Gasteiger partial charge in [-0.25, -0.2) is 28.0 Å². The number of cyclic esters (lactones) is 4. The molecule has 6 nitrogen and oxygen atoms in total. The Morgan fingerprint density at radius 2 is 0.791 bits per heavy atom. The SMILES string of the molecule is O=C1OC(=O)c2c(C(c3cc(C(F)(F)F)cc(C(F)(F)F)c3)(c3ccc(F)c4c3C(=O)OC4=O)C(F)(F)F)ccc(F)c21. The summed E-state index contributed by atoms with van der Waals surface area (Å²) in [6.07, 6.45) is -17.7. The third kappa shape index (κ3) is 4.24. The summed E-state index contributed by atoms with van der Waals surface area (Å²) in [5.74, 6) is -11.0. The highest BCUT2D eigenvalue weighted by atomic mass is 19.4. The summed E-state index contributed by atoms with van der Waals surface area (Å²) in [6, 6.07) is -0.791. The molecule has 0 atom stereocenters. The second-order valence-corrected chi connectivity index (χ2v) is 9.09. The zero-order valence-corrected chi connectivity index (χ0v) is 20.1. The van der Waals surface area contributed by atoms with Gasteiger partial charge < -0.3 is 9.47 Å². The molecule has 0 saturated heterocycles. The van der Waals surface area contributed by atoms with Crippen molar-refractivity contribution in [3.05, 3.63) is 104 Å². The fourth-order valence-corrected chi connectivity index (χ4v) is 5.07. The van der Waals surface area contributed by atoms with Gasteiger partial charge in [0.25, 0.3) is 0 Å². The second kappa shape index (κ2) is 9.08. The van der Waals surface area contributed by atoms with Gasteiger partial charge in [0, 0.05) is 0 Å². The molecule has 0 amide bonds. The van der Waals surface area contributed by atoms with Crippen LogP contribution in [0, 0.1) is 11.6 Å². The summed E-state index contributed by atoms with van der Waals surface area (Å²) < 4.78 is 167. The lowest BCUT2D eigenvalue weighted by Crippen LogP contribution is -2.47. The van der Waals surface area contributed by atoms with Crippen molar-refractivity contribution in [1.82, 2.24) is 0 Å². The molecule has 17 heteroatoms. The van der Waals surface area contributed by atoms with Crippen molar-refractivity contribution < 1.29 is 76.9 Å². The van der Waals surface area contributed by atoms with Crippen LogP contribution in [0.15, 0.2) is 42.5 Å². The van der Waals surface area contributed by atoms with Gasteiger partial charge in [-0.1, -0.05) is 12.1 Å². The zero-order chi connectivity index (χ0) is 32.0. The van der Waals surface area contributed by atoms with Crippen molar-refractivity contribution >= 4 is 23.9 Å². The lowest BCUT2D eigenvalue weighted by Gasteiger charge is -2.39. The van der Waals surface area contributed by atoms with E-state index in [2.05, 4.69) is 9.47 Å². The molecule has 224 valence electrons. The van der Waals surface area contributed by atoms with Gasteiger partial charge in [-0.2, -0.15) is 39.5 Å². The van der Waals surface area contributed by atoms with Gasteiger partial charge in [-0.05, 0) is 47.0 Å². The Labute approximate surface area is 229 Å². The maximum atomic E-state index is 15.7. The third-order valence-corrected chi connectivity index (χ3v) is 6.75. The first-order chi connectivity index (χ1) is 19.7. The van der Waals surface area contributed by atoms with E-state index in [0.717, 1.165) is 0 Å². The number of hydrogen-bond acceptors (Lipinski definition) is 6. The van der Waals surface area contributed by atoms with Crippen molar-refractivity contribution in [1.29, 1.82) is 0 Å². The van der Waals surface area contributed by atoms with Crippen LogP contribution in [0.5, 0.6) is 0 Å². The number of benzene rings is 3. The number of esters is 4. The maximum Gasteiger partial charge on any atom is 0.416 e. The minimum atomic E-state index is -6.20. The lowest BCUT2D eigenvalue weighted by molar-refractivity contribution is -0.167. The van der Waals surface area contributed by atoms with E-state index in [-0.39, 0.29) is 24.3 Å². The topological polar surface area (TPSA) is 86.7 Å². The second-order valence-electron chi connectivity index (χ2n) is 9.09. The van der Waals surface area contributed by atoms with Gasteiger partial charge >= 0.3 is 42.4 Å². The van der Waals surface area contributed by atoms with Crippen LogP contribution >= 0.6 is 0 Å². The minimum absolute atomic E-state index is 0.118. The Bertz CT molecular complexity index is 1670. The largest absolute Gasteiger partial charge is 0.416 e. The highest BCUT2D eigenvalue weighted by molar-refractivity contribution is 6.17. The number of carbonyl (C=O) groups excluding carboxylic acids is 4. The summed E-state index contributed by atoms with van der Waals surface area (Å²) in [6.45, 7) is 0. The molecule has 2 aliphatic rings. The Kier molecular flexibility index (Phi) is 6.26. The highest BCUT2D eigenvalue weighted by Crippen LogP contribution is 2.56. The maximum absolute atomic E-state index is 15.7. The van der Waals surface area contributed by atoms with Crippen LogP contribution in [0.3, 0.4) is 0 Å². The number of alkyl halides is 9. The molecule has 3 aromatic rings. The Morgan fingerprint density at radius 1 is 0.465 bits per heavy atom. The molecule has 0 unspecified atom stereocenters. The van der Waals surface area contributed by atoms with Crippen LogP contribution in [0.25, 0.3) is 0 Å². The average molecular weight is 624 g/mol. The third-order valence-electron chi connectivity index (χ3n) is 6.75. The molecule has 0 aromatic heterocycles. The number of ether oxygens (including phenoxy) is 2. The number of fused-ring (bicyclic) bond motifs is 2. The Balaban J connectivity index is 2.10. The van der Waals surface area contributed by atoms with E-state index >= 15 is 13.2 Å². The van der Waals surface area contributed by atoms with E-state index in [1.807, 2.05) is 0 Å². The van der Waals surface area contributed by atoms with Crippen LogP contribution in [-0.4, -0.2) is 30.1 Å². The predicted octanol–water partition coefficient (Wildman–Crippen LogP) is 6.52. The molecular weight excluding hydrogens is 617 g/mol. The van der Waals surface area contributed by atoms with E-state index < -0.39 is 128 Å². The zero-order valence-electron chi connectivity index (χ0n) is 20.1. The van der Waals surface area contributed by atoms with Crippen molar-refractivity contribution in [3.63, 3.8) is 0 Å². The normalized spacial score (nSPS) is 15.4. The Morgan fingerprint density at radius 3 is 1.12 bits per heavy atom. The molecule has 0 radical (unpaired) electrons. The summed E-state index contributed by atoms with van der Waals surface area (Å²) >= 11 is 0. The van der Waals surface area contributed by atoms with Crippen molar-refractivity contribution in [2.45, 2.75) is 23.9 Å². The highest BCUT2D eigenvalue weighted by Gasteiger charge is 2.63. The average Bonchev–Trinajstić information content (AvgIpc) is 3.35. The van der Waals surface area contributed by atoms with Gasteiger partial charge in [0.15, 0.2) is 0 Å². The molecule has 0 bridgehead atoms. The molecule has 0 spiro atoms. The van der Waals surface area contributed by atoms with Crippen LogP contribution in [0.4, 0.5) is 48.3 Å². The minimum Gasteiger partial charge on any atom is -0.386 e. The molecule has 5 rings (SSSR count). The summed E-state index contributed by atoms with van der Waals surface area (Å²) in [5, 5.41) is 0. The van der Waals surface area contributed by atoms with Crippen LogP contribution < -0.4 is 0 Å². The number of carbonyl (C=O) groups is 4. The molecule has 3 aromatic carbocycles. The van der Waals surface area contributed by atoms with Gasteiger partial charge in [-0.15, -0.1) is 0 Å². The summed E-state index contributed by atoms with van der Waals surface area (Å²) in [5.41, 5.74) is -20.5. The van der Waals surface area contributed by atoms with E-state index in [1.165, 1.54) is 0 Å². The van der Waals surface area contributed by atoms with Crippen LogP contribution in [0.2, 0.25) is 0 Å². The molecule has 2 heterocycles. The predicted molar refractivity (Wildman–Crippen MR) is 115 cm³/mol. The van der Waals surface area contributed by atoms with Crippen molar-refractivity contribution in [2.75, 3.05) is 0 Å². The van der Waals surface area contributed by atoms with Crippen molar-refractivity contribution in [2.24, 2.45) is 0 Å². The van der Waals surface area contributed by atoms with E-state index in [9.17, 15) is 54.3 Å². The first-order valence-electron chi connectivity index (χ1n) is 11.3. The number of rotatable bonds is 3. The van der Waals surface area contributed by atoms with E-state index in [4.69, 9.17) is 0 Å². The molecule has 0 fully saturated rings. The number of halogens is 11. The van der Waals surface area contributed by atoms with Crippen LogP contribution in [0.1, 0.15) is 69.2 Å². The fraction of sp³-hybridized carbons (Fsp3) is 0.154. The van der Waals surface area contributed by atoms with Gasteiger partial charge in [0.2, 0.25) is 0 Å². The molecule has 0 aliphatic carbocycles. The molecular formula is C26H7F11O6. The molecule has 2 aliphatic heterocycles. The molecule has 0 N–H and O–H groups in total. The summed E-state index contributed by atoms with van der Waals surface area (Å²) in [7, 11) is 0. The molecule has 0 saturated carbocycles. The van der Waals surface area contributed by atoms with Gasteiger partial charge in [-0.3, -0.25) is 0 Å². The van der Waals surface area contributed by atoms with E-state index in [1.54, 1.807) is 0 Å². The Hall–Kier alpha value is -4.83. The van der Waals surface area contributed by atoms with Crippen molar-refractivity contribution in [3.8, 4) is 0 Å². The fourth-order valence-electron chi connectivity index (χ4n) is 5.07. The summed E-state index contributed by atoms with van der Waals surface area (Å²) in [4.78, 5) is 49.5. The lowest BCUT2D eigenvalue weighted by atomic mass is 9.65. The molecule has 43 heavy (non-hydrogen) atoms. The van der Waals surface area contributed by atoms with E-state index in [0.29, 0.717) is 0 Å². The standard InChI is InChI=1S/C26H7F11O6/c27-13-3-1-11(15-17(13)21(40)42-19(15)38)23(26(35,36)37,12-2-4-14(28)18-16(12)20(39)43-22(18)41)8-5-9(24(29,30)31)7-10(6-8)25(32,33)34/h1-7H. The van der Waals surface area contributed by atoms with Gasteiger partial charge in [0.05, 0.1) is 22.3 Å². The van der Waals surface area contributed by atoms with Gasteiger partial charge in [0.1, 0.15) is 28.2 Å². The van der Waals surface area contributed by atoms with Crippen LogP contribution in [-0.2, 0) is 27.2 Å². The quantitative estimate of drug-likeness (QED) is 0.143. The number of hydrogen-bond donors (Lipinski definition) is 0. The monoisotopic (exact) mass is 624 g/mol. The smallest absolute Gasteiger partial charge is 0.386 e. The first kappa shape index (κ1) is 29.7. The first-order valence-corrected chi connectivity index (χ1v) is 11.3.